The molecule has 1 unspecified atom stereocenters. The third-order valence-corrected chi connectivity index (χ3v) is 4.78. The molecule has 0 aliphatic carbocycles. The minimum Gasteiger partial charge on any atom is -0.493 e. The van der Waals surface area contributed by atoms with Crippen LogP contribution in [0.2, 0.25) is 0 Å². The van der Waals surface area contributed by atoms with E-state index in [9.17, 15) is 9.90 Å². The van der Waals surface area contributed by atoms with Crippen LogP contribution in [-0.4, -0.2) is 35.7 Å². The fourth-order valence-electron chi connectivity index (χ4n) is 3.42. The van der Waals surface area contributed by atoms with Gasteiger partial charge in [-0.15, -0.1) is 0 Å². The van der Waals surface area contributed by atoms with Crippen molar-refractivity contribution in [1.82, 2.24) is 4.90 Å². The molecule has 5 nitrogen and oxygen atoms in total. The number of methoxy groups -OCH3 is 1. The molecule has 0 aromatic heterocycles. The molecule has 1 N–H and O–H groups in total. The van der Waals surface area contributed by atoms with E-state index in [0.29, 0.717) is 31.1 Å². The zero-order valence-corrected chi connectivity index (χ0v) is 15.1. The normalized spacial score (nSPS) is 17.7. The first kappa shape index (κ1) is 18.3. The summed E-state index contributed by atoms with van der Waals surface area (Å²) in [6.07, 6.45) is 2.68. The molecule has 26 heavy (non-hydrogen) atoms. The number of ether oxygens (including phenoxy) is 2. The number of hydrogen-bond donors (Lipinski definition) is 1. The maximum absolute atomic E-state index is 11.6. The largest absolute Gasteiger partial charge is 0.493 e. The van der Waals surface area contributed by atoms with Crippen LogP contribution in [0.5, 0.6) is 11.5 Å². The van der Waals surface area contributed by atoms with E-state index in [-0.39, 0.29) is 0 Å². The second-order valence-electron chi connectivity index (χ2n) is 6.54. The Morgan fingerprint density at radius 3 is 2.69 bits per heavy atom. The van der Waals surface area contributed by atoms with Gasteiger partial charge in [-0.25, -0.2) is 0 Å². The average molecular weight is 355 g/mol. The summed E-state index contributed by atoms with van der Waals surface area (Å²) >= 11 is 0. The smallest absolute Gasteiger partial charge is 0.320 e. The Balaban J connectivity index is 1.80. The first-order valence-corrected chi connectivity index (χ1v) is 8.98. The second kappa shape index (κ2) is 8.72. The summed E-state index contributed by atoms with van der Waals surface area (Å²) in [4.78, 5) is 13.6. The predicted molar refractivity (Wildman–Crippen MR) is 99.5 cm³/mol. The number of nitrogens with zero attached hydrogens (tertiary/aromatic N) is 1. The minimum atomic E-state index is -0.751. The lowest BCUT2D eigenvalue weighted by atomic mass is 10.0. The van der Waals surface area contributed by atoms with Gasteiger partial charge in [-0.2, -0.15) is 0 Å². The zero-order chi connectivity index (χ0) is 18.4. The molecular weight excluding hydrogens is 330 g/mol. The van der Waals surface area contributed by atoms with Gasteiger partial charge in [-0.05, 0) is 31.0 Å². The van der Waals surface area contributed by atoms with Gasteiger partial charge in [-0.3, -0.25) is 9.69 Å². The van der Waals surface area contributed by atoms with Crippen LogP contribution in [0.15, 0.2) is 48.5 Å². The van der Waals surface area contributed by atoms with Crippen molar-refractivity contribution >= 4 is 5.97 Å². The number of likely N-dealkylation sites (tertiary alicyclic amines) is 1. The molecule has 1 aliphatic rings. The number of para-hydroxylation sites is 1. The Hall–Kier alpha value is -2.53. The predicted octanol–water partition coefficient (Wildman–Crippen LogP) is 3.71. The molecule has 5 heteroatoms. The molecule has 1 aliphatic heterocycles. The van der Waals surface area contributed by atoms with Crippen molar-refractivity contribution in [2.45, 2.75) is 38.5 Å². The lowest BCUT2D eigenvalue weighted by Crippen LogP contribution is -2.44. The van der Waals surface area contributed by atoms with Crippen molar-refractivity contribution in [3.8, 4) is 11.5 Å². The Morgan fingerprint density at radius 2 is 1.96 bits per heavy atom. The molecule has 138 valence electrons. The number of carboxylic acids is 1. The van der Waals surface area contributed by atoms with Gasteiger partial charge in [0.25, 0.3) is 0 Å². The summed E-state index contributed by atoms with van der Waals surface area (Å²) in [6, 6.07) is 15.3. The van der Waals surface area contributed by atoms with E-state index in [4.69, 9.17) is 9.47 Å². The van der Waals surface area contributed by atoms with Crippen LogP contribution in [0, 0.1) is 0 Å². The van der Waals surface area contributed by atoms with Gasteiger partial charge in [0.2, 0.25) is 0 Å². The van der Waals surface area contributed by atoms with E-state index < -0.39 is 12.0 Å². The monoisotopic (exact) mass is 355 g/mol. The van der Waals surface area contributed by atoms with Crippen LogP contribution in [0.3, 0.4) is 0 Å². The van der Waals surface area contributed by atoms with Gasteiger partial charge in [0.15, 0.2) is 11.5 Å². The van der Waals surface area contributed by atoms with E-state index >= 15 is 0 Å². The van der Waals surface area contributed by atoms with Gasteiger partial charge < -0.3 is 14.6 Å². The molecule has 1 fully saturated rings. The second-order valence-corrected chi connectivity index (χ2v) is 6.54. The van der Waals surface area contributed by atoms with E-state index in [1.54, 1.807) is 7.11 Å². The molecule has 3 rings (SSSR count). The highest BCUT2D eigenvalue weighted by atomic mass is 16.5. The molecule has 1 atom stereocenters. The van der Waals surface area contributed by atoms with Crippen LogP contribution in [0.25, 0.3) is 0 Å². The van der Waals surface area contributed by atoms with Crippen molar-refractivity contribution in [2.75, 3.05) is 13.7 Å². The fourth-order valence-corrected chi connectivity index (χ4v) is 3.42. The van der Waals surface area contributed by atoms with E-state index in [1.165, 1.54) is 0 Å². The Kier molecular flexibility index (Phi) is 6.12. The van der Waals surface area contributed by atoms with Gasteiger partial charge >= 0.3 is 5.97 Å². The molecule has 1 heterocycles. The molecule has 0 radical (unpaired) electrons. The van der Waals surface area contributed by atoms with Gasteiger partial charge in [0.1, 0.15) is 12.6 Å². The summed E-state index contributed by atoms with van der Waals surface area (Å²) < 4.78 is 11.6. The Morgan fingerprint density at radius 1 is 1.15 bits per heavy atom. The number of hydrogen-bond acceptors (Lipinski definition) is 4. The van der Waals surface area contributed by atoms with E-state index in [0.717, 1.165) is 30.5 Å². The maximum atomic E-state index is 11.6. The molecule has 2 aromatic carbocycles. The van der Waals surface area contributed by atoms with Crippen LogP contribution in [-0.2, 0) is 17.9 Å². The first-order chi connectivity index (χ1) is 12.7. The number of aliphatic carboxylic acids is 1. The summed E-state index contributed by atoms with van der Waals surface area (Å²) in [5.41, 5.74) is 2.03. The standard InChI is InChI=1S/C21H25NO4/c1-25-19-12-7-10-17(14-22-13-6-5-11-18(22)21(23)24)20(19)26-15-16-8-3-2-4-9-16/h2-4,7-10,12,18H,5-6,11,13-15H2,1H3,(H,23,24). The van der Waals surface area contributed by atoms with Crippen molar-refractivity contribution < 1.29 is 19.4 Å². The summed E-state index contributed by atoms with van der Waals surface area (Å²) in [5.74, 6) is 0.607. The van der Waals surface area contributed by atoms with Crippen molar-refractivity contribution in [2.24, 2.45) is 0 Å². The molecular formula is C21H25NO4. The van der Waals surface area contributed by atoms with Crippen LogP contribution < -0.4 is 9.47 Å². The third kappa shape index (κ3) is 4.35. The SMILES string of the molecule is COc1cccc(CN2CCCCC2C(=O)O)c1OCc1ccccc1. The lowest BCUT2D eigenvalue weighted by molar-refractivity contribution is -0.144. The summed E-state index contributed by atoms with van der Waals surface area (Å²) in [7, 11) is 1.62. The van der Waals surface area contributed by atoms with Crippen LogP contribution in [0.4, 0.5) is 0 Å². The molecule has 0 amide bonds. The maximum Gasteiger partial charge on any atom is 0.320 e. The number of carbonyl (C=O) groups is 1. The highest BCUT2D eigenvalue weighted by Crippen LogP contribution is 2.34. The molecule has 0 saturated carbocycles. The van der Waals surface area contributed by atoms with Crippen molar-refractivity contribution in [3.05, 3.63) is 59.7 Å². The number of carboxylic acid groups (broad SMARTS) is 1. The van der Waals surface area contributed by atoms with Gasteiger partial charge in [-0.1, -0.05) is 48.9 Å². The molecule has 2 aromatic rings. The highest BCUT2D eigenvalue weighted by molar-refractivity contribution is 5.73. The molecule has 1 saturated heterocycles. The number of benzene rings is 2. The minimum absolute atomic E-state index is 0.433. The van der Waals surface area contributed by atoms with Crippen LogP contribution >= 0.6 is 0 Å². The molecule has 0 bridgehead atoms. The molecule has 0 spiro atoms. The van der Waals surface area contributed by atoms with Crippen molar-refractivity contribution in [3.63, 3.8) is 0 Å². The number of rotatable bonds is 7. The number of piperidine rings is 1. The quantitative estimate of drug-likeness (QED) is 0.820. The average Bonchev–Trinajstić information content (AvgIpc) is 2.68. The summed E-state index contributed by atoms with van der Waals surface area (Å²) in [6.45, 7) is 1.77. The topological polar surface area (TPSA) is 59.0 Å². The Labute approximate surface area is 154 Å². The third-order valence-electron chi connectivity index (χ3n) is 4.78. The fraction of sp³-hybridized carbons (Fsp3) is 0.381. The van der Waals surface area contributed by atoms with Crippen molar-refractivity contribution in [1.29, 1.82) is 0 Å². The summed E-state index contributed by atoms with van der Waals surface area (Å²) in [5, 5.41) is 9.51. The highest BCUT2D eigenvalue weighted by Gasteiger charge is 2.29. The van der Waals surface area contributed by atoms with Crippen LogP contribution in [0.1, 0.15) is 30.4 Å². The van der Waals surface area contributed by atoms with Gasteiger partial charge in [0, 0.05) is 12.1 Å². The van der Waals surface area contributed by atoms with E-state index in [1.807, 2.05) is 53.4 Å². The lowest BCUT2D eigenvalue weighted by Gasteiger charge is -2.33. The van der Waals surface area contributed by atoms with E-state index in [2.05, 4.69) is 0 Å². The first-order valence-electron chi connectivity index (χ1n) is 8.98. The zero-order valence-electron chi connectivity index (χ0n) is 15.1. The Bertz CT molecular complexity index is 732. The van der Waals surface area contributed by atoms with Gasteiger partial charge in [0.05, 0.1) is 7.11 Å².